The molecular weight excluding hydrogens is 351 g/mol. The third kappa shape index (κ3) is 7.72. The number of hydrogen-bond donors (Lipinski definition) is 3. The van der Waals surface area contributed by atoms with Crippen molar-refractivity contribution in [3.8, 4) is 0 Å². The van der Waals surface area contributed by atoms with E-state index in [0.29, 0.717) is 25.7 Å². The number of halogens is 1. The molecule has 1 aliphatic rings. The van der Waals surface area contributed by atoms with Gasteiger partial charge in [0.2, 0.25) is 0 Å². The number of allylic oxidation sites excluding steroid dienone is 2. The summed E-state index contributed by atoms with van der Waals surface area (Å²) in [5, 5.41) is 30.2. The molecule has 1 aliphatic carbocycles. The lowest BCUT2D eigenvalue weighted by Gasteiger charge is -2.27. The highest BCUT2D eigenvalue weighted by atomic mass is 19.1. The summed E-state index contributed by atoms with van der Waals surface area (Å²) in [6, 6.07) is 0. The van der Waals surface area contributed by atoms with Crippen LogP contribution in [0.1, 0.15) is 64.7 Å². The summed E-state index contributed by atoms with van der Waals surface area (Å²) in [5.74, 6) is -1.02. The number of methoxy groups -OCH3 is 1. The van der Waals surface area contributed by atoms with Gasteiger partial charge in [-0.05, 0) is 31.8 Å². The minimum atomic E-state index is -2.05. The molecule has 0 aromatic carbocycles. The van der Waals surface area contributed by atoms with Gasteiger partial charge >= 0.3 is 5.97 Å². The number of rotatable bonds is 12. The molecule has 1 fully saturated rings. The molecular formula is C21H35FO5. The Bertz CT molecular complexity index is 493. The van der Waals surface area contributed by atoms with Crippen molar-refractivity contribution in [3.63, 3.8) is 0 Å². The summed E-state index contributed by atoms with van der Waals surface area (Å²) in [6.45, 7) is 2.07. The topological polar surface area (TPSA) is 87.0 Å². The summed E-state index contributed by atoms with van der Waals surface area (Å²) in [7, 11) is 1.35. The highest BCUT2D eigenvalue weighted by Gasteiger charge is 2.53. The summed E-state index contributed by atoms with van der Waals surface area (Å²) in [4.78, 5) is 11.0. The molecule has 0 bridgehead atoms. The molecule has 27 heavy (non-hydrogen) atoms. The van der Waals surface area contributed by atoms with Crippen molar-refractivity contribution in [3.05, 3.63) is 24.3 Å². The number of carbonyl (C=O) groups is 1. The third-order valence-electron chi connectivity index (χ3n) is 5.22. The number of esters is 1. The maximum absolute atomic E-state index is 15.4. The number of ether oxygens (including phenoxy) is 1. The second-order valence-corrected chi connectivity index (χ2v) is 7.35. The van der Waals surface area contributed by atoms with Crippen molar-refractivity contribution in [2.24, 2.45) is 5.92 Å². The zero-order valence-corrected chi connectivity index (χ0v) is 16.5. The van der Waals surface area contributed by atoms with Gasteiger partial charge in [-0.15, -0.1) is 0 Å². The van der Waals surface area contributed by atoms with Gasteiger partial charge in [0.25, 0.3) is 0 Å². The van der Waals surface area contributed by atoms with E-state index in [0.717, 1.165) is 19.3 Å². The van der Waals surface area contributed by atoms with E-state index < -0.39 is 29.9 Å². The Hall–Kier alpha value is -1.24. The molecule has 0 saturated heterocycles. The van der Waals surface area contributed by atoms with Crippen LogP contribution in [0.15, 0.2) is 24.3 Å². The van der Waals surface area contributed by atoms with Crippen LogP contribution in [-0.4, -0.2) is 52.4 Å². The number of alkyl halides is 1. The summed E-state index contributed by atoms with van der Waals surface area (Å²) < 4.78 is 20.0. The monoisotopic (exact) mass is 386 g/mol. The zero-order chi connectivity index (χ0) is 20.3. The highest BCUT2D eigenvalue weighted by molar-refractivity contribution is 5.69. The Labute approximate surface area is 161 Å². The quantitative estimate of drug-likeness (QED) is 0.272. The molecule has 0 unspecified atom stereocenters. The van der Waals surface area contributed by atoms with Gasteiger partial charge in [-0.2, -0.15) is 0 Å². The average Bonchev–Trinajstić information content (AvgIpc) is 2.85. The molecule has 5 nitrogen and oxygen atoms in total. The highest BCUT2D eigenvalue weighted by Crippen LogP contribution is 2.43. The average molecular weight is 387 g/mol. The molecule has 3 N–H and O–H groups in total. The fraction of sp³-hybridized carbons (Fsp3) is 0.762. The van der Waals surface area contributed by atoms with E-state index in [1.165, 1.54) is 19.3 Å². The first-order valence-corrected chi connectivity index (χ1v) is 9.99. The second kappa shape index (κ2) is 12.3. The first-order valence-electron chi connectivity index (χ1n) is 9.99. The normalized spacial score (nSPS) is 29.6. The van der Waals surface area contributed by atoms with Gasteiger partial charge in [-0.25, -0.2) is 4.39 Å². The van der Waals surface area contributed by atoms with Crippen molar-refractivity contribution in [1.29, 1.82) is 0 Å². The van der Waals surface area contributed by atoms with Crippen LogP contribution in [0.5, 0.6) is 0 Å². The first-order chi connectivity index (χ1) is 12.8. The molecule has 5 atom stereocenters. The number of carbonyl (C=O) groups excluding carboxylic acids is 1. The van der Waals surface area contributed by atoms with Gasteiger partial charge in [0, 0.05) is 18.8 Å². The second-order valence-electron chi connectivity index (χ2n) is 7.35. The maximum atomic E-state index is 15.4. The lowest BCUT2D eigenvalue weighted by atomic mass is 9.86. The summed E-state index contributed by atoms with van der Waals surface area (Å²) in [5.41, 5.74) is -2.05. The Morgan fingerprint density at radius 2 is 2.04 bits per heavy atom. The Balaban J connectivity index is 2.58. The Morgan fingerprint density at radius 3 is 2.70 bits per heavy atom. The molecule has 1 rings (SSSR count). The fourth-order valence-electron chi connectivity index (χ4n) is 3.47. The number of unbranched alkanes of at least 4 members (excludes halogenated alkanes) is 3. The molecule has 156 valence electrons. The molecule has 1 saturated carbocycles. The van der Waals surface area contributed by atoms with Gasteiger partial charge in [-0.1, -0.05) is 44.4 Å². The van der Waals surface area contributed by atoms with E-state index in [1.54, 1.807) is 6.08 Å². The van der Waals surface area contributed by atoms with Crippen LogP contribution in [0.3, 0.4) is 0 Å². The molecule has 0 aromatic heterocycles. The third-order valence-corrected chi connectivity index (χ3v) is 5.22. The van der Waals surface area contributed by atoms with Crippen LogP contribution < -0.4 is 0 Å². The van der Waals surface area contributed by atoms with Crippen LogP contribution >= 0.6 is 0 Å². The van der Waals surface area contributed by atoms with Gasteiger partial charge in [-0.3, -0.25) is 4.79 Å². The minimum Gasteiger partial charge on any atom is -0.469 e. The standard InChI is InChI=1S/C21H35FO5/c1-3-4-7-10-16(23)13-14-21(22)17(18(24)15-19(21)25)11-8-5-6-9-12-20(26)27-2/h5,8,13-14,16-19,23-25H,3-4,6-7,9-12,15H2,1-2H3/b8-5-,14-13+/t16-,17-,18-,19+,21-/m0/s1. The molecule has 0 aromatic rings. The predicted molar refractivity (Wildman–Crippen MR) is 103 cm³/mol. The van der Waals surface area contributed by atoms with Crippen molar-refractivity contribution < 1.29 is 29.2 Å². The molecule has 0 spiro atoms. The Morgan fingerprint density at radius 1 is 1.30 bits per heavy atom. The van der Waals surface area contributed by atoms with Crippen molar-refractivity contribution in [1.82, 2.24) is 0 Å². The fourth-order valence-corrected chi connectivity index (χ4v) is 3.47. The van der Waals surface area contributed by atoms with Crippen LogP contribution in [0.4, 0.5) is 4.39 Å². The number of hydrogen-bond acceptors (Lipinski definition) is 5. The van der Waals surface area contributed by atoms with Gasteiger partial charge in [0.1, 0.15) is 0 Å². The Kier molecular flexibility index (Phi) is 10.8. The maximum Gasteiger partial charge on any atom is 0.305 e. The van der Waals surface area contributed by atoms with Crippen LogP contribution in [0, 0.1) is 5.92 Å². The van der Waals surface area contributed by atoms with Gasteiger partial charge in [0.05, 0.1) is 25.4 Å². The van der Waals surface area contributed by atoms with E-state index in [1.807, 2.05) is 6.08 Å². The minimum absolute atomic E-state index is 0.0202. The SMILES string of the molecule is CCCCC[C@H](O)/C=C/[C@@]1(F)[C@H](O)C[C@H](O)[C@@H]1C/C=C\CCCC(=O)OC. The van der Waals surface area contributed by atoms with E-state index >= 15 is 4.39 Å². The van der Waals surface area contributed by atoms with Gasteiger partial charge < -0.3 is 20.1 Å². The van der Waals surface area contributed by atoms with Crippen molar-refractivity contribution in [2.45, 2.75) is 88.7 Å². The van der Waals surface area contributed by atoms with E-state index in [-0.39, 0.29) is 18.8 Å². The number of aliphatic hydroxyl groups excluding tert-OH is 3. The molecule has 0 amide bonds. The predicted octanol–water partition coefficient (Wildman–Crippen LogP) is 3.22. The zero-order valence-electron chi connectivity index (χ0n) is 16.5. The molecule has 0 aliphatic heterocycles. The van der Waals surface area contributed by atoms with Crippen LogP contribution in [0.2, 0.25) is 0 Å². The van der Waals surface area contributed by atoms with Crippen molar-refractivity contribution >= 4 is 5.97 Å². The molecule has 0 radical (unpaired) electrons. The van der Waals surface area contributed by atoms with E-state index in [4.69, 9.17) is 0 Å². The molecule has 0 heterocycles. The van der Waals surface area contributed by atoms with Crippen LogP contribution in [-0.2, 0) is 9.53 Å². The number of aliphatic hydroxyl groups is 3. The smallest absolute Gasteiger partial charge is 0.305 e. The lowest BCUT2D eigenvalue weighted by molar-refractivity contribution is -0.140. The van der Waals surface area contributed by atoms with E-state index in [9.17, 15) is 20.1 Å². The molecule has 6 heteroatoms. The summed E-state index contributed by atoms with van der Waals surface area (Å²) in [6.07, 6.45) is 8.67. The lowest BCUT2D eigenvalue weighted by Crippen LogP contribution is -2.38. The first kappa shape index (κ1) is 23.8. The largest absolute Gasteiger partial charge is 0.469 e. The van der Waals surface area contributed by atoms with Crippen molar-refractivity contribution in [2.75, 3.05) is 7.11 Å². The van der Waals surface area contributed by atoms with E-state index in [2.05, 4.69) is 11.7 Å². The summed E-state index contributed by atoms with van der Waals surface area (Å²) >= 11 is 0. The van der Waals surface area contributed by atoms with Gasteiger partial charge in [0.15, 0.2) is 5.67 Å². The van der Waals surface area contributed by atoms with Crippen LogP contribution in [0.25, 0.3) is 0 Å².